The minimum Gasteiger partial charge on any atom is -0.494 e. The van der Waals surface area contributed by atoms with Gasteiger partial charge in [0.25, 0.3) is 0 Å². The molecule has 0 aliphatic carbocycles. The summed E-state index contributed by atoms with van der Waals surface area (Å²) in [6, 6.07) is 16.4. The highest BCUT2D eigenvalue weighted by atomic mass is 19.1. The number of amides is 1. The molecular formula is C23H26FN3O2. The summed E-state index contributed by atoms with van der Waals surface area (Å²) in [7, 11) is 0. The number of nitriles is 1. The minimum absolute atomic E-state index is 0.146. The number of hydrogen-bond donors (Lipinski definition) is 0. The molecule has 152 valence electrons. The summed E-state index contributed by atoms with van der Waals surface area (Å²) >= 11 is 0. The molecule has 0 radical (unpaired) electrons. The molecule has 1 atom stereocenters. The molecule has 1 heterocycles. The van der Waals surface area contributed by atoms with Crippen molar-refractivity contribution in [3.05, 3.63) is 59.9 Å². The third-order valence-electron chi connectivity index (χ3n) is 5.17. The van der Waals surface area contributed by atoms with E-state index in [1.165, 1.54) is 11.0 Å². The van der Waals surface area contributed by atoms with Gasteiger partial charge in [0.1, 0.15) is 11.6 Å². The van der Waals surface area contributed by atoms with Gasteiger partial charge in [-0.2, -0.15) is 5.26 Å². The number of anilines is 1. The maximum Gasteiger partial charge on any atom is 0.241 e. The van der Waals surface area contributed by atoms with E-state index in [1.807, 2.05) is 37.3 Å². The summed E-state index contributed by atoms with van der Waals surface area (Å²) < 4.78 is 19.8. The van der Waals surface area contributed by atoms with Crippen molar-refractivity contribution in [2.24, 2.45) is 0 Å². The lowest BCUT2D eigenvalue weighted by atomic mass is 10.0. The topological polar surface area (TPSA) is 56.6 Å². The van der Waals surface area contributed by atoms with Crippen molar-refractivity contribution in [3.63, 3.8) is 0 Å². The monoisotopic (exact) mass is 395 g/mol. The van der Waals surface area contributed by atoms with E-state index >= 15 is 0 Å². The Bertz CT molecular complexity index is 863. The minimum atomic E-state index is -0.455. The molecule has 1 aliphatic heterocycles. The Hall–Kier alpha value is -2.91. The third-order valence-corrected chi connectivity index (χ3v) is 5.17. The van der Waals surface area contributed by atoms with Gasteiger partial charge < -0.3 is 9.64 Å². The lowest BCUT2D eigenvalue weighted by molar-refractivity contribution is -0.120. The largest absolute Gasteiger partial charge is 0.494 e. The number of ether oxygens (including phenoxy) is 1. The van der Waals surface area contributed by atoms with Gasteiger partial charge in [-0.3, -0.25) is 9.69 Å². The zero-order valence-electron chi connectivity index (χ0n) is 16.7. The summed E-state index contributed by atoms with van der Waals surface area (Å²) in [5.41, 5.74) is 1.37. The van der Waals surface area contributed by atoms with Crippen LogP contribution in [0.1, 0.15) is 37.8 Å². The highest BCUT2D eigenvalue weighted by molar-refractivity contribution is 5.95. The van der Waals surface area contributed by atoms with Crippen LogP contribution in [-0.2, 0) is 4.79 Å². The zero-order valence-corrected chi connectivity index (χ0v) is 16.7. The number of halogens is 1. The van der Waals surface area contributed by atoms with Gasteiger partial charge in [-0.15, -0.1) is 0 Å². The first kappa shape index (κ1) is 20.8. The predicted octanol–water partition coefficient (Wildman–Crippen LogP) is 4.31. The lowest BCUT2D eigenvalue weighted by Crippen LogP contribution is -2.41. The average Bonchev–Trinajstić information content (AvgIpc) is 3.18. The fourth-order valence-corrected chi connectivity index (χ4v) is 3.82. The number of hydrogen-bond acceptors (Lipinski definition) is 4. The van der Waals surface area contributed by atoms with E-state index in [1.54, 1.807) is 18.2 Å². The van der Waals surface area contributed by atoms with Crippen molar-refractivity contribution < 1.29 is 13.9 Å². The van der Waals surface area contributed by atoms with Crippen molar-refractivity contribution in [2.45, 2.75) is 32.2 Å². The van der Waals surface area contributed by atoms with Crippen LogP contribution >= 0.6 is 0 Å². The normalized spacial score (nSPS) is 16.4. The molecule has 2 aromatic carbocycles. The van der Waals surface area contributed by atoms with E-state index < -0.39 is 5.82 Å². The molecule has 1 amide bonds. The Labute approximate surface area is 171 Å². The SMILES string of the molecule is CCOc1ccc([C@@H]2CCCN2CC(=O)N(CCC#N)c2ccccc2F)cc1. The van der Waals surface area contributed by atoms with Gasteiger partial charge in [-0.25, -0.2) is 4.39 Å². The molecule has 1 aliphatic rings. The Morgan fingerprint density at radius 1 is 1.28 bits per heavy atom. The molecule has 0 N–H and O–H groups in total. The van der Waals surface area contributed by atoms with Crippen LogP contribution in [0.15, 0.2) is 48.5 Å². The van der Waals surface area contributed by atoms with Gasteiger partial charge >= 0.3 is 0 Å². The van der Waals surface area contributed by atoms with Crippen molar-refractivity contribution in [3.8, 4) is 11.8 Å². The van der Waals surface area contributed by atoms with E-state index in [0.717, 1.165) is 30.7 Å². The average molecular weight is 395 g/mol. The van der Waals surface area contributed by atoms with Crippen LogP contribution in [-0.4, -0.2) is 37.0 Å². The molecule has 1 fully saturated rings. The van der Waals surface area contributed by atoms with Crippen LogP contribution in [0.25, 0.3) is 0 Å². The van der Waals surface area contributed by atoms with Crippen LogP contribution in [0.3, 0.4) is 0 Å². The quantitative estimate of drug-likeness (QED) is 0.668. The van der Waals surface area contributed by atoms with Crippen LogP contribution in [0.4, 0.5) is 10.1 Å². The second-order valence-electron chi connectivity index (χ2n) is 7.04. The van der Waals surface area contributed by atoms with Crippen molar-refractivity contribution >= 4 is 11.6 Å². The molecule has 0 spiro atoms. The molecule has 0 aromatic heterocycles. The number of likely N-dealkylation sites (tertiary alicyclic amines) is 1. The molecule has 0 unspecified atom stereocenters. The van der Waals surface area contributed by atoms with E-state index in [4.69, 9.17) is 10.00 Å². The molecular weight excluding hydrogens is 369 g/mol. The van der Waals surface area contributed by atoms with E-state index in [2.05, 4.69) is 4.90 Å². The van der Waals surface area contributed by atoms with Crippen molar-refractivity contribution in [1.29, 1.82) is 5.26 Å². The number of carbonyl (C=O) groups excluding carboxylic acids is 1. The van der Waals surface area contributed by atoms with E-state index in [-0.39, 0.29) is 37.1 Å². The number of rotatable bonds is 8. The fraction of sp³-hybridized carbons (Fsp3) is 0.391. The van der Waals surface area contributed by atoms with Crippen LogP contribution in [0.2, 0.25) is 0 Å². The second-order valence-corrected chi connectivity index (χ2v) is 7.04. The number of para-hydroxylation sites is 1. The molecule has 0 saturated carbocycles. The smallest absolute Gasteiger partial charge is 0.241 e. The van der Waals surface area contributed by atoms with E-state index in [9.17, 15) is 9.18 Å². The summed E-state index contributed by atoms with van der Waals surface area (Å²) in [4.78, 5) is 16.6. The number of nitrogens with zero attached hydrogens (tertiary/aromatic N) is 3. The third kappa shape index (κ3) is 5.12. The van der Waals surface area contributed by atoms with Crippen LogP contribution < -0.4 is 9.64 Å². The first-order chi connectivity index (χ1) is 14.1. The molecule has 3 rings (SSSR count). The second kappa shape index (κ2) is 10.0. The van der Waals surface area contributed by atoms with Gasteiger partial charge in [0.2, 0.25) is 5.91 Å². The highest BCUT2D eigenvalue weighted by Crippen LogP contribution is 2.33. The summed E-state index contributed by atoms with van der Waals surface area (Å²) in [5, 5.41) is 8.95. The van der Waals surface area contributed by atoms with Gasteiger partial charge in [-0.1, -0.05) is 24.3 Å². The lowest BCUT2D eigenvalue weighted by Gasteiger charge is -2.28. The van der Waals surface area contributed by atoms with E-state index in [0.29, 0.717) is 6.61 Å². The maximum atomic E-state index is 14.3. The van der Waals surface area contributed by atoms with Gasteiger partial charge in [-0.05, 0) is 56.1 Å². The number of benzene rings is 2. The Kier molecular flexibility index (Phi) is 7.20. The maximum absolute atomic E-state index is 14.3. The number of carbonyl (C=O) groups is 1. The Balaban J connectivity index is 1.74. The molecule has 0 bridgehead atoms. The van der Waals surface area contributed by atoms with Gasteiger partial charge in [0.15, 0.2) is 0 Å². The molecule has 1 saturated heterocycles. The summed E-state index contributed by atoms with van der Waals surface area (Å²) in [6.45, 7) is 3.76. The van der Waals surface area contributed by atoms with Crippen LogP contribution in [0, 0.1) is 17.1 Å². The summed E-state index contributed by atoms with van der Waals surface area (Å²) in [5.74, 6) is 0.186. The molecule has 5 nitrogen and oxygen atoms in total. The Morgan fingerprint density at radius 2 is 2.03 bits per heavy atom. The fourth-order valence-electron chi connectivity index (χ4n) is 3.82. The zero-order chi connectivity index (χ0) is 20.6. The molecule has 6 heteroatoms. The van der Waals surface area contributed by atoms with Gasteiger partial charge in [0.05, 0.1) is 31.3 Å². The first-order valence-corrected chi connectivity index (χ1v) is 10.0. The van der Waals surface area contributed by atoms with Crippen molar-refractivity contribution in [2.75, 3.05) is 31.1 Å². The Morgan fingerprint density at radius 3 is 2.72 bits per heavy atom. The first-order valence-electron chi connectivity index (χ1n) is 10.0. The van der Waals surface area contributed by atoms with Crippen molar-refractivity contribution in [1.82, 2.24) is 4.90 Å². The highest BCUT2D eigenvalue weighted by Gasteiger charge is 2.30. The van der Waals surface area contributed by atoms with Crippen LogP contribution in [0.5, 0.6) is 5.75 Å². The molecule has 2 aromatic rings. The standard InChI is InChI=1S/C23H26FN3O2/c1-2-29-19-12-10-18(11-13-19)21-9-5-15-26(21)17-23(28)27(16-6-14-25)22-8-4-3-7-20(22)24/h3-4,7-8,10-13,21H,2,5-6,9,15-17H2,1H3/t21-/m0/s1. The summed E-state index contributed by atoms with van der Waals surface area (Å²) in [6.07, 6.45) is 2.13. The van der Waals surface area contributed by atoms with Gasteiger partial charge in [0, 0.05) is 12.6 Å². The predicted molar refractivity (Wildman–Crippen MR) is 110 cm³/mol. The molecule has 29 heavy (non-hydrogen) atoms.